The number of para-hydroxylation sites is 1. The van der Waals surface area contributed by atoms with Gasteiger partial charge in [0.2, 0.25) is 0 Å². The first-order chi connectivity index (χ1) is 12.2. The molecule has 0 aliphatic heterocycles. The molecule has 0 bridgehead atoms. The van der Waals surface area contributed by atoms with Crippen LogP contribution in [0, 0.1) is 5.82 Å². The molecule has 0 aliphatic rings. The molecule has 124 valence electrons. The van der Waals surface area contributed by atoms with Crippen LogP contribution in [-0.2, 0) is 5.75 Å². The Bertz CT molecular complexity index is 1110. The minimum Gasteiger partial charge on any atom is -0.411 e. The average Bonchev–Trinajstić information content (AvgIpc) is 3.09. The predicted octanol–water partition coefficient (Wildman–Crippen LogP) is 3.40. The highest BCUT2D eigenvalue weighted by atomic mass is 32.2. The first kappa shape index (κ1) is 15.5. The fourth-order valence-electron chi connectivity index (χ4n) is 2.34. The van der Waals surface area contributed by atoms with Gasteiger partial charge in [-0.3, -0.25) is 4.79 Å². The summed E-state index contributed by atoms with van der Waals surface area (Å²) in [5, 5.41) is 8.56. The molecule has 0 spiro atoms. The predicted molar refractivity (Wildman–Crippen MR) is 91.6 cm³/mol. The first-order valence-electron chi connectivity index (χ1n) is 7.40. The van der Waals surface area contributed by atoms with Crippen molar-refractivity contribution in [1.82, 2.24) is 20.2 Å². The Hall–Kier alpha value is -3.00. The number of hydrogen-bond acceptors (Lipinski definition) is 6. The van der Waals surface area contributed by atoms with Crippen LogP contribution in [0.5, 0.6) is 0 Å². The van der Waals surface area contributed by atoms with Gasteiger partial charge in [-0.2, -0.15) is 0 Å². The molecule has 0 fully saturated rings. The average molecular weight is 354 g/mol. The Kier molecular flexibility index (Phi) is 4.02. The van der Waals surface area contributed by atoms with Crippen molar-refractivity contribution in [2.75, 3.05) is 0 Å². The Morgan fingerprint density at radius 2 is 1.88 bits per heavy atom. The fraction of sp³-hybridized carbons (Fsp3) is 0.0588. The van der Waals surface area contributed by atoms with Crippen LogP contribution in [0.2, 0.25) is 0 Å². The second-order valence-corrected chi connectivity index (χ2v) is 6.10. The minimum atomic E-state index is -0.428. The standard InChI is InChI=1S/C17H11FN4O2S/c18-12-7-3-1-5-10(12)16-21-22-17(24-16)25-9-14-19-13-8-4-2-6-11(13)15(23)20-14/h1-8H,9H2,(H,19,20,23). The highest BCUT2D eigenvalue weighted by Gasteiger charge is 2.13. The molecule has 4 rings (SSSR count). The molecule has 0 saturated heterocycles. The smallest absolute Gasteiger partial charge is 0.277 e. The van der Waals surface area contributed by atoms with E-state index in [0.717, 1.165) is 0 Å². The van der Waals surface area contributed by atoms with E-state index in [1.54, 1.807) is 36.4 Å². The van der Waals surface area contributed by atoms with Crippen molar-refractivity contribution in [1.29, 1.82) is 0 Å². The maximum Gasteiger partial charge on any atom is 0.277 e. The van der Waals surface area contributed by atoms with E-state index < -0.39 is 5.82 Å². The van der Waals surface area contributed by atoms with Gasteiger partial charge in [0.25, 0.3) is 16.7 Å². The van der Waals surface area contributed by atoms with Crippen molar-refractivity contribution in [2.24, 2.45) is 0 Å². The van der Waals surface area contributed by atoms with Crippen LogP contribution < -0.4 is 5.56 Å². The zero-order valence-corrected chi connectivity index (χ0v) is 13.6. The van der Waals surface area contributed by atoms with Crippen LogP contribution in [0.15, 0.2) is 63.0 Å². The number of fused-ring (bicyclic) bond motifs is 1. The summed E-state index contributed by atoms with van der Waals surface area (Å²) in [6.45, 7) is 0. The second kappa shape index (κ2) is 6.48. The molecule has 0 radical (unpaired) electrons. The molecule has 0 atom stereocenters. The van der Waals surface area contributed by atoms with Gasteiger partial charge in [0.15, 0.2) is 0 Å². The third kappa shape index (κ3) is 3.16. The third-order valence-electron chi connectivity index (χ3n) is 3.50. The summed E-state index contributed by atoms with van der Waals surface area (Å²) < 4.78 is 19.2. The molecule has 0 amide bonds. The summed E-state index contributed by atoms with van der Waals surface area (Å²) in [5.74, 6) is 0.530. The second-order valence-electron chi connectivity index (χ2n) is 5.17. The number of aromatic nitrogens is 4. The Morgan fingerprint density at radius 3 is 2.76 bits per heavy atom. The number of thioether (sulfide) groups is 1. The van der Waals surface area contributed by atoms with Gasteiger partial charge in [0, 0.05) is 0 Å². The molecule has 2 heterocycles. The molecule has 0 unspecified atom stereocenters. The van der Waals surface area contributed by atoms with Gasteiger partial charge in [-0.25, -0.2) is 9.37 Å². The topological polar surface area (TPSA) is 84.7 Å². The number of H-pyrrole nitrogens is 1. The SMILES string of the molecule is O=c1[nH]c(CSc2nnc(-c3ccccc3F)o2)nc2ccccc12. The van der Waals surface area contributed by atoms with Crippen LogP contribution in [0.3, 0.4) is 0 Å². The van der Waals surface area contributed by atoms with E-state index in [0.29, 0.717) is 22.5 Å². The van der Waals surface area contributed by atoms with E-state index in [-0.39, 0.29) is 22.2 Å². The zero-order valence-electron chi connectivity index (χ0n) is 12.8. The maximum atomic E-state index is 13.7. The van der Waals surface area contributed by atoms with Crippen molar-refractivity contribution in [2.45, 2.75) is 11.0 Å². The van der Waals surface area contributed by atoms with Crippen molar-refractivity contribution < 1.29 is 8.81 Å². The van der Waals surface area contributed by atoms with E-state index in [9.17, 15) is 9.18 Å². The molecule has 2 aromatic heterocycles. The van der Waals surface area contributed by atoms with E-state index in [1.165, 1.54) is 17.8 Å². The van der Waals surface area contributed by atoms with Gasteiger partial charge in [-0.15, -0.1) is 10.2 Å². The van der Waals surface area contributed by atoms with Crippen molar-refractivity contribution in [3.8, 4) is 11.5 Å². The summed E-state index contributed by atoms with van der Waals surface area (Å²) in [5.41, 5.74) is 0.678. The zero-order chi connectivity index (χ0) is 17.2. The molecule has 8 heteroatoms. The lowest BCUT2D eigenvalue weighted by Gasteiger charge is -2.01. The normalized spacial score (nSPS) is 11.1. The highest BCUT2D eigenvalue weighted by molar-refractivity contribution is 7.98. The van der Waals surface area contributed by atoms with Crippen LogP contribution in [0.4, 0.5) is 4.39 Å². The van der Waals surface area contributed by atoms with Gasteiger partial charge in [0.05, 0.1) is 22.2 Å². The van der Waals surface area contributed by atoms with E-state index in [1.807, 2.05) is 6.07 Å². The third-order valence-corrected chi connectivity index (χ3v) is 4.33. The number of hydrogen-bond donors (Lipinski definition) is 1. The van der Waals surface area contributed by atoms with Crippen LogP contribution in [0.25, 0.3) is 22.4 Å². The number of halogens is 1. The van der Waals surface area contributed by atoms with Gasteiger partial charge in [-0.05, 0) is 24.3 Å². The summed E-state index contributed by atoms with van der Waals surface area (Å²) in [6.07, 6.45) is 0. The van der Waals surface area contributed by atoms with Crippen molar-refractivity contribution in [3.63, 3.8) is 0 Å². The molecule has 6 nitrogen and oxygen atoms in total. The summed E-state index contributed by atoms with van der Waals surface area (Å²) in [7, 11) is 0. The highest BCUT2D eigenvalue weighted by Crippen LogP contribution is 2.26. The maximum absolute atomic E-state index is 13.7. The lowest BCUT2D eigenvalue weighted by Crippen LogP contribution is -2.11. The number of benzene rings is 2. The molecule has 4 aromatic rings. The molecule has 0 saturated carbocycles. The summed E-state index contributed by atoms with van der Waals surface area (Å²) in [6, 6.07) is 13.3. The number of nitrogens with zero attached hydrogens (tertiary/aromatic N) is 3. The van der Waals surface area contributed by atoms with Crippen LogP contribution in [-0.4, -0.2) is 20.2 Å². The van der Waals surface area contributed by atoms with E-state index >= 15 is 0 Å². The Balaban J connectivity index is 1.55. The van der Waals surface area contributed by atoms with Crippen LogP contribution >= 0.6 is 11.8 Å². The largest absolute Gasteiger partial charge is 0.411 e. The monoisotopic (exact) mass is 354 g/mol. The quantitative estimate of drug-likeness (QED) is 0.565. The molecule has 1 N–H and O–H groups in total. The van der Waals surface area contributed by atoms with Gasteiger partial charge >= 0.3 is 0 Å². The minimum absolute atomic E-state index is 0.112. The Morgan fingerprint density at radius 1 is 1.08 bits per heavy atom. The lowest BCUT2D eigenvalue weighted by molar-refractivity contribution is 0.462. The molecule has 25 heavy (non-hydrogen) atoms. The lowest BCUT2D eigenvalue weighted by atomic mass is 10.2. The molecule has 2 aromatic carbocycles. The van der Waals surface area contributed by atoms with Gasteiger partial charge in [0.1, 0.15) is 11.6 Å². The van der Waals surface area contributed by atoms with Gasteiger partial charge < -0.3 is 9.40 Å². The van der Waals surface area contributed by atoms with E-state index in [4.69, 9.17) is 4.42 Å². The van der Waals surface area contributed by atoms with Crippen LogP contribution in [0.1, 0.15) is 5.82 Å². The first-order valence-corrected chi connectivity index (χ1v) is 8.38. The molecule has 0 aliphatic carbocycles. The van der Waals surface area contributed by atoms with Crippen molar-refractivity contribution >= 4 is 22.7 Å². The van der Waals surface area contributed by atoms with E-state index in [2.05, 4.69) is 20.2 Å². The summed E-state index contributed by atoms with van der Waals surface area (Å²) in [4.78, 5) is 19.2. The molecular formula is C17H11FN4O2S. The Labute approximate surface area is 145 Å². The van der Waals surface area contributed by atoms with Gasteiger partial charge in [-0.1, -0.05) is 36.0 Å². The summed E-state index contributed by atoms with van der Waals surface area (Å²) >= 11 is 1.22. The number of rotatable bonds is 4. The van der Waals surface area contributed by atoms with Crippen molar-refractivity contribution in [3.05, 3.63) is 70.5 Å². The molecular weight excluding hydrogens is 343 g/mol. The number of aromatic amines is 1. The fourth-order valence-corrected chi connectivity index (χ4v) is 2.98. The number of nitrogens with one attached hydrogen (secondary N) is 1.